The molecule has 1 aromatic heterocycles. The van der Waals surface area contributed by atoms with Crippen molar-refractivity contribution in [2.45, 2.75) is 0 Å². The van der Waals surface area contributed by atoms with Gasteiger partial charge in [0, 0.05) is 11.3 Å². The van der Waals surface area contributed by atoms with Crippen LogP contribution in [-0.4, -0.2) is 15.2 Å². The van der Waals surface area contributed by atoms with Gasteiger partial charge in [-0.2, -0.15) is 5.10 Å². The number of nitrogens with two attached hydrogens (primary N) is 1. The van der Waals surface area contributed by atoms with Crippen molar-refractivity contribution in [3.05, 3.63) is 42.7 Å². The van der Waals surface area contributed by atoms with Gasteiger partial charge in [0.05, 0.1) is 0 Å². The maximum absolute atomic E-state index is 5.99. The molecule has 3 N–H and O–H groups in total. The SMILES string of the molecule is Nc1cc2ccccc2cc1-c1ncn[nH]1. The number of aromatic nitrogens is 3. The fourth-order valence-electron chi connectivity index (χ4n) is 1.80. The lowest BCUT2D eigenvalue weighted by molar-refractivity contribution is 1.10. The van der Waals surface area contributed by atoms with Crippen LogP contribution in [0.4, 0.5) is 5.69 Å². The van der Waals surface area contributed by atoms with Gasteiger partial charge in [-0.1, -0.05) is 24.3 Å². The Balaban J connectivity index is 2.30. The van der Waals surface area contributed by atoms with Crippen LogP contribution in [0.25, 0.3) is 22.2 Å². The normalized spacial score (nSPS) is 10.8. The summed E-state index contributed by atoms with van der Waals surface area (Å²) < 4.78 is 0. The van der Waals surface area contributed by atoms with Gasteiger partial charge >= 0.3 is 0 Å². The monoisotopic (exact) mass is 210 g/mol. The molecule has 0 spiro atoms. The fourth-order valence-corrected chi connectivity index (χ4v) is 1.80. The van der Waals surface area contributed by atoms with E-state index in [1.165, 1.54) is 6.33 Å². The van der Waals surface area contributed by atoms with E-state index >= 15 is 0 Å². The van der Waals surface area contributed by atoms with Crippen LogP contribution in [0.1, 0.15) is 0 Å². The average Bonchev–Trinajstić information content (AvgIpc) is 2.81. The molecule has 1 heterocycles. The molecule has 0 aliphatic rings. The molecule has 0 saturated heterocycles. The van der Waals surface area contributed by atoms with Gasteiger partial charge in [0.1, 0.15) is 6.33 Å². The molecule has 78 valence electrons. The number of H-pyrrole nitrogens is 1. The average molecular weight is 210 g/mol. The zero-order valence-corrected chi connectivity index (χ0v) is 8.51. The topological polar surface area (TPSA) is 67.6 Å². The Morgan fingerprint density at radius 2 is 1.81 bits per heavy atom. The lowest BCUT2D eigenvalue weighted by Crippen LogP contribution is -1.92. The Bertz CT molecular complexity index is 629. The lowest BCUT2D eigenvalue weighted by Gasteiger charge is -2.05. The van der Waals surface area contributed by atoms with E-state index in [4.69, 9.17) is 5.73 Å². The molecule has 0 atom stereocenters. The summed E-state index contributed by atoms with van der Waals surface area (Å²) in [4.78, 5) is 4.11. The Morgan fingerprint density at radius 1 is 1.06 bits per heavy atom. The molecule has 16 heavy (non-hydrogen) atoms. The molecule has 0 aliphatic heterocycles. The second-order valence-electron chi connectivity index (χ2n) is 3.62. The Labute approximate surface area is 92.1 Å². The Hall–Kier alpha value is -2.36. The number of anilines is 1. The van der Waals surface area contributed by atoms with Gasteiger partial charge in [0.15, 0.2) is 5.82 Å². The van der Waals surface area contributed by atoms with E-state index in [0.717, 1.165) is 16.3 Å². The summed E-state index contributed by atoms with van der Waals surface area (Å²) in [7, 11) is 0. The largest absolute Gasteiger partial charge is 0.398 e. The van der Waals surface area contributed by atoms with Crippen molar-refractivity contribution < 1.29 is 0 Å². The lowest BCUT2D eigenvalue weighted by atomic mass is 10.0. The van der Waals surface area contributed by atoms with Crippen molar-refractivity contribution in [2.24, 2.45) is 0 Å². The van der Waals surface area contributed by atoms with Crippen molar-refractivity contribution in [3.8, 4) is 11.4 Å². The number of hydrogen-bond acceptors (Lipinski definition) is 3. The van der Waals surface area contributed by atoms with Crippen LogP contribution in [0.15, 0.2) is 42.7 Å². The third-order valence-electron chi connectivity index (χ3n) is 2.59. The van der Waals surface area contributed by atoms with Crippen molar-refractivity contribution in [1.29, 1.82) is 0 Å². The number of fused-ring (bicyclic) bond motifs is 1. The number of aromatic amines is 1. The predicted octanol–water partition coefficient (Wildman–Crippen LogP) is 2.21. The van der Waals surface area contributed by atoms with Crippen molar-refractivity contribution in [3.63, 3.8) is 0 Å². The molecular formula is C12H10N4. The summed E-state index contributed by atoms with van der Waals surface area (Å²) in [5.41, 5.74) is 7.58. The van der Waals surface area contributed by atoms with Crippen LogP contribution in [0.2, 0.25) is 0 Å². The van der Waals surface area contributed by atoms with E-state index in [1.807, 2.05) is 30.3 Å². The van der Waals surface area contributed by atoms with Gasteiger partial charge < -0.3 is 5.73 Å². The maximum atomic E-state index is 5.99. The summed E-state index contributed by atoms with van der Waals surface area (Å²) in [5, 5.41) is 8.92. The van der Waals surface area contributed by atoms with Crippen LogP contribution < -0.4 is 5.73 Å². The fraction of sp³-hybridized carbons (Fsp3) is 0. The van der Waals surface area contributed by atoms with Crippen LogP contribution in [0.3, 0.4) is 0 Å². The number of nitrogen functional groups attached to an aromatic ring is 1. The summed E-state index contributed by atoms with van der Waals surface area (Å²) in [6, 6.07) is 12.1. The molecule has 0 aliphatic carbocycles. The van der Waals surface area contributed by atoms with E-state index < -0.39 is 0 Å². The first-order chi connectivity index (χ1) is 7.84. The van der Waals surface area contributed by atoms with Crippen LogP contribution in [0, 0.1) is 0 Å². The zero-order chi connectivity index (χ0) is 11.0. The van der Waals surface area contributed by atoms with Crippen molar-refractivity contribution >= 4 is 16.5 Å². The molecule has 2 aromatic carbocycles. The highest BCUT2D eigenvalue weighted by Crippen LogP contribution is 2.27. The molecule has 0 amide bonds. The maximum Gasteiger partial charge on any atom is 0.157 e. The Morgan fingerprint density at radius 3 is 2.50 bits per heavy atom. The standard InChI is InChI=1S/C12H10N4/c13-11-6-9-4-2-1-3-8(9)5-10(11)12-14-7-15-16-12/h1-7H,13H2,(H,14,15,16). The second kappa shape index (κ2) is 3.34. The van der Waals surface area contributed by atoms with Crippen LogP contribution >= 0.6 is 0 Å². The first kappa shape index (κ1) is 8.91. The molecule has 0 saturated carbocycles. The molecule has 0 radical (unpaired) electrons. The number of hydrogen-bond donors (Lipinski definition) is 2. The number of rotatable bonds is 1. The Kier molecular flexibility index (Phi) is 1.86. The molecule has 0 unspecified atom stereocenters. The van der Waals surface area contributed by atoms with Crippen molar-refractivity contribution in [2.75, 3.05) is 5.73 Å². The van der Waals surface area contributed by atoms with E-state index in [-0.39, 0.29) is 0 Å². The van der Waals surface area contributed by atoms with Crippen LogP contribution in [-0.2, 0) is 0 Å². The molecule has 0 bridgehead atoms. The highest BCUT2D eigenvalue weighted by atomic mass is 15.2. The molecule has 4 nitrogen and oxygen atoms in total. The van der Waals surface area contributed by atoms with Gasteiger partial charge in [-0.3, -0.25) is 5.10 Å². The highest BCUT2D eigenvalue weighted by Gasteiger charge is 2.06. The second-order valence-corrected chi connectivity index (χ2v) is 3.62. The van der Waals surface area contributed by atoms with Gasteiger partial charge in [-0.15, -0.1) is 0 Å². The van der Waals surface area contributed by atoms with Gasteiger partial charge in [-0.25, -0.2) is 4.98 Å². The van der Waals surface area contributed by atoms with Gasteiger partial charge in [0.25, 0.3) is 0 Å². The van der Waals surface area contributed by atoms with E-state index in [9.17, 15) is 0 Å². The molecule has 3 rings (SSSR count). The molecule has 4 heteroatoms. The summed E-state index contributed by atoms with van der Waals surface area (Å²) in [5.74, 6) is 0.697. The minimum Gasteiger partial charge on any atom is -0.398 e. The third kappa shape index (κ3) is 1.32. The minimum atomic E-state index is 0.697. The predicted molar refractivity (Wildman–Crippen MR) is 63.7 cm³/mol. The van der Waals surface area contributed by atoms with Crippen molar-refractivity contribution in [1.82, 2.24) is 15.2 Å². The van der Waals surface area contributed by atoms with Gasteiger partial charge in [-0.05, 0) is 22.9 Å². The molecule has 3 aromatic rings. The summed E-state index contributed by atoms with van der Waals surface area (Å²) >= 11 is 0. The highest BCUT2D eigenvalue weighted by molar-refractivity contribution is 5.92. The van der Waals surface area contributed by atoms with E-state index in [2.05, 4.69) is 21.2 Å². The van der Waals surface area contributed by atoms with E-state index in [0.29, 0.717) is 11.5 Å². The number of benzene rings is 2. The first-order valence-corrected chi connectivity index (χ1v) is 4.98. The molecular weight excluding hydrogens is 200 g/mol. The molecule has 0 fully saturated rings. The van der Waals surface area contributed by atoms with E-state index in [1.54, 1.807) is 0 Å². The summed E-state index contributed by atoms with van der Waals surface area (Å²) in [6.07, 6.45) is 1.48. The number of nitrogens with one attached hydrogen (secondary N) is 1. The zero-order valence-electron chi connectivity index (χ0n) is 8.51. The van der Waals surface area contributed by atoms with Crippen LogP contribution in [0.5, 0.6) is 0 Å². The third-order valence-corrected chi connectivity index (χ3v) is 2.59. The minimum absolute atomic E-state index is 0.697. The smallest absolute Gasteiger partial charge is 0.157 e. The number of nitrogens with zero attached hydrogens (tertiary/aromatic N) is 2. The van der Waals surface area contributed by atoms with Gasteiger partial charge in [0.2, 0.25) is 0 Å². The quantitative estimate of drug-likeness (QED) is 0.605. The first-order valence-electron chi connectivity index (χ1n) is 4.98. The summed E-state index contributed by atoms with van der Waals surface area (Å²) in [6.45, 7) is 0.